The van der Waals surface area contributed by atoms with Crippen molar-refractivity contribution in [1.82, 2.24) is 15.1 Å². The van der Waals surface area contributed by atoms with Crippen molar-refractivity contribution in [2.45, 2.75) is 38.6 Å². The van der Waals surface area contributed by atoms with E-state index in [9.17, 15) is 14.0 Å². The van der Waals surface area contributed by atoms with Gasteiger partial charge in [0.05, 0.1) is 6.04 Å². The van der Waals surface area contributed by atoms with Crippen LogP contribution in [0.3, 0.4) is 0 Å². The molecular formula is C24H30FN3O3S. The van der Waals surface area contributed by atoms with E-state index in [2.05, 4.69) is 5.32 Å². The van der Waals surface area contributed by atoms with Crippen molar-refractivity contribution in [1.29, 1.82) is 0 Å². The first-order valence-corrected chi connectivity index (χ1v) is 12.2. The first kappa shape index (κ1) is 22.6. The van der Waals surface area contributed by atoms with Crippen molar-refractivity contribution >= 4 is 23.3 Å². The second kappa shape index (κ2) is 10.3. The zero-order chi connectivity index (χ0) is 22.5. The average Bonchev–Trinajstić information content (AvgIpc) is 3.47. The highest BCUT2D eigenvalue weighted by molar-refractivity contribution is 7.10. The lowest BCUT2D eigenvalue weighted by atomic mass is 10.0. The topological polar surface area (TPSA) is 61.9 Å². The summed E-state index contributed by atoms with van der Waals surface area (Å²) in [6, 6.07) is 7.64. The lowest BCUT2D eigenvalue weighted by molar-refractivity contribution is -0.135. The van der Waals surface area contributed by atoms with Gasteiger partial charge in [-0.3, -0.25) is 4.79 Å². The molecule has 172 valence electrons. The van der Waals surface area contributed by atoms with E-state index in [1.54, 1.807) is 28.4 Å². The first-order chi connectivity index (χ1) is 15.5. The molecule has 3 amide bonds. The van der Waals surface area contributed by atoms with Crippen LogP contribution in [0, 0.1) is 11.7 Å². The minimum atomic E-state index is -0.357. The van der Waals surface area contributed by atoms with E-state index in [1.165, 1.54) is 17.0 Å². The van der Waals surface area contributed by atoms with Gasteiger partial charge in [-0.15, -0.1) is 11.3 Å². The fourth-order valence-electron chi connectivity index (χ4n) is 4.04. The van der Waals surface area contributed by atoms with Crippen LogP contribution in [0.1, 0.15) is 42.7 Å². The van der Waals surface area contributed by atoms with Crippen LogP contribution >= 0.6 is 11.3 Å². The molecular weight excluding hydrogens is 429 g/mol. The van der Waals surface area contributed by atoms with E-state index in [0.29, 0.717) is 31.3 Å². The summed E-state index contributed by atoms with van der Waals surface area (Å²) in [6.07, 6.45) is 3.86. The molecule has 1 aliphatic heterocycles. The Morgan fingerprint density at radius 1 is 1.31 bits per heavy atom. The van der Waals surface area contributed by atoms with Gasteiger partial charge in [-0.25, -0.2) is 9.18 Å². The lowest BCUT2D eigenvalue weighted by Crippen LogP contribution is -2.50. The molecule has 0 radical (unpaired) electrons. The number of thiophene rings is 1. The molecule has 1 aromatic heterocycles. The summed E-state index contributed by atoms with van der Waals surface area (Å²) in [4.78, 5) is 30.8. The van der Waals surface area contributed by atoms with Crippen LogP contribution in [0.5, 0.6) is 5.75 Å². The maximum atomic E-state index is 13.6. The highest BCUT2D eigenvalue weighted by atomic mass is 32.1. The van der Waals surface area contributed by atoms with Crippen LogP contribution in [0.4, 0.5) is 9.18 Å². The third-order valence-electron chi connectivity index (χ3n) is 5.93. The van der Waals surface area contributed by atoms with Crippen molar-refractivity contribution in [3.8, 4) is 5.75 Å². The van der Waals surface area contributed by atoms with Crippen molar-refractivity contribution in [2.75, 3.05) is 32.8 Å². The second-order valence-corrected chi connectivity index (χ2v) is 9.48. The molecule has 0 saturated heterocycles. The maximum absolute atomic E-state index is 13.6. The number of hydrogen-bond donors (Lipinski definition) is 1. The number of carbonyl (C=O) groups excluding carboxylic acids is 2. The number of ether oxygens (including phenoxy) is 1. The Balaban J connectivity index is 1.47. The molecule has 2 heterocycles. The number of rotatable bonds is 9. The van der Waals surface area contributed by atoms with Gasteiger partial charge in [0.1, 0.15) is 24.7 Å². The van der Waals surface area contributed by atoms with Gasteiger partial charge in [0, 0.05) is 30.6 Å². The Morgan fingerprint density at radius 2 is 2.16 bits per heavy atom. The second-order valence-electron chi connectivity index (χ2n) is 8.48. The zero-order valence-corrected chi connectivity index (χ0v) is 19.2. The highest BCUT2D eigenvalue weighted by Gasteiger charge is 2.35. The number of fused-ring (bicyclic) bond motifs is 1. The van der Waals surface area contributed by atoms with Crippen molar-refractivity contribution in [3.63, 3.8) is 0 Å². The lowest BCUT2D eigenvalue weighted by Gasteiger charge is -2.37. The van der Waals surface area contributed by atoms with Crippen LogP contribution in [0.15, 0.2) is 35.7 Å². The van der Waals surface area contributed by atoms with Crippen LogP contribution in [0.25, 0.3) is 0 Å². The van der Waals surface area contributed by atoms with Gasteiger partial charge in [0.2, 0.25) is 5.91 Å². The number of nitrogens with one attached hydrogen (secondary N) is 1. The highest BCUT2D eigenvalue weighted by Crippen LogP contribution is 2.34. The summed E-state index contributed by atoms with van der Waals surface area (Å²) in [7, 11) is 0. The molecule has 2 aliphatic rings. The zero-order valence-electron chi connectivity index (χ0n) is 18.4. The third-order valence-corrected chi connectivity index (χ3v) is 6.93. The van der Waals surface area contributed by atoms with Crippen LogP contribution in [-0.4, -0.2) is 54.5 Å². The number of nitrogens with zero attached hydrogens (tertiary/aromatic N) is 2. The molecule has 6 nitrogen and oxygen atoms in total. The molecule has 2 aromatic rings. The predicted octanol–water partition coefficient (Wildman–Crippen LogP) is 4.22. The number of urea groups is 1. The van der Waals surface area contributed by atoms with Gasteiger partial charge in [0.15, 0.2) is 0 Å². The first-order valence-electron chi connectivity index (χ1n) is 11.3. The van der Waals surface area contributed by atoms with E-state index in [-0.39, 0.29) is 36.9 Å². The molecule has 1 atom stereocenters. The van der Waals surface area contributed by atoms with E-state index < -0.39 is 0 Å². The summed E-state index contributed by atoms with van der Waals surface area (Å²) in [5.74, 6) is 0.493. The molecule has 1 aromatic carbocycles. The van der Waals surface area contributed by atoms with Gasteiger partial charge in [-0.2, -0.15) is 0 Å². The fraction of sp³-hybridized carbons (Fsp3) is 0.500. The van der Waals surface area contributed by atoms with Gasteiger partial charge < -0.3 is 19.9 Å². The number of carbonyl (C=O) groups is 2. The normalized spacial score (nSPS) is 17.6. The molecule has 8 heteroatoms. The summed E-state index contributed by atoms with van der Waals surface area (Å²) >= 11 is 1.68. The molecule has 1 aliphatic carbocycles. The SMILES string of the molecule is CCCNC(=O)N(CC(=O)N1CCc2sccc2C1COc1cccc(F)c1)CC1CC1. The van der Waals surface area contributed by atoms with Crippen molar-refractivity contribution in [3.05, 3.63) is 52.0 Å². The Bertz CT molecular complexity index is 946. The standard InChI is InChI=1S/C24H30FN3O3S/c1-2-10-26-24(30)27(14-17-6-7-17)15-23(29)28-11-8-22-20(9-12-32-22)21(28)16-31-19-5-3-4-18(25)13-19/h3-5,9,12-13,17,21H,2,6-8,10-11,14-16H2,1H3,(H,26,30). The number of halogens is 1. The molecule has 1 N–H and O–H groups in total. The largest absolute Gasteiger partial charge is 0.491 e. The van der Waals surface area contributed by atoms with Gasteiger partial charge in [-0.05, 0) is 60.7 Å². The minimum Gasteiger partial charge on any atom is -0.491 e. The summed E-state index contributed by atoms with van der Waals surface area (Å²) in [6.45, 7) is 4.10. The molecule has 0 bridgehead atoms. The fourth-order valence-corrected chi connectivity index (χ4v) is 4.96. The van der Waals surface area contributed by atoms with Gasteiger partial charge in [0.25, 0.3) is 0 Å². The third kappa shape index (κ3) is 5.59. The molecule has 4 rings (SSSR count). The summed E-state index contributed by atoms with van der Waals surface area (Å²) in [5.41, 5.74) is 1.08. The van der Waals surface area contributed by atoms with E-state index >= 15 is 0 Å². The van der Waals surface area contributed by atoms with Crippen LogP contribution < -0.4 is 10.1 Å². The van der Waals surface area contributed by atoms with Gasteiger partial charge in [-0.1, -0.05) is 13.0 Å². The average molecular weight is 460 g/mol. The number of benzene rings is 1. The number of amides is 3. The summed E-state index contributed by atoms with van der Waals surface area (Å²) in [5, 5.41) is 4.94. The molecule has 1 saturated carbocycles. The van der Waals surface area contributed by atoms with E-state index in [0.717, 1.165) is 31.2 Å². The Kier molecular flexibility index (Phi) is 7.29. The van der Waals surface area contributed by atoms with Gasteiger partial charge >= 0.3 is 6.03 Å². The Morgan fingerprint density at radius 3 is 2.91 bits per heavy atom. The monoisotopic (exact) mass is 459 g/mol. The maximum Gasteiger partial charge on any atom is 0.317 e. The Hall–Kier alpha value is -2.61. The molecule has 32 heavy (non-hydrogen) atoms. The van der Waals surface area contributed by atoms with Crippen molar-refractivity contribution in [2.24, 2.45) is 5.92 Å². The quantitative estimate of drug-likeness (QED) is 0.611. The van der Waals surface area contributed by atoms with E-state index in [4.69, 9.17) is 4.74 Å². The summed E-state index contributed by atoms with van der Waals surface area (Å²) < 4.78 is 19.4. The molecule has 1 fully saturated rings. The predicted molar refractivity (Wildman–Crippen MR) is 122 cm³/mol. The molecule has 1 unspecified atom stereocenters. The smallest absolute Gasteiger partial charge is 0.317 e. The van der Waals surface area contributed by atoms with E-state index in [1.807, 2.05) is 23.3 Å². The number of hydrogen-bond acceptors (Lipinski definition) is 4. The van der Waals surface area contributed by atoms with Crippen molar-refractivity contribution < 1.29 is 18.7 Å². The minimum absolute atomic E-state index is 0.0575. The van der Waals surface area contributed by atoms with Crippen LogP contribution in [0.2, 0.25) is 0 Å². The molecule has 0 spiro atoms. The Labute approximate surface area is 192 Å². The van der Waals surface area contributed by atoms with Crippen LogP contribution in [-0.2, 0) is 11.2 Å².